The van der Waals surface area contributed by atoms with Crippen molar-refractivity contribution in [3.05, 3.63) is 18.2 Å². The van der Waals surface area contributed by atoms with E-state index in [1.807, 2.05) is 4.72 Å². The van der Waals surface area contributed by atoms with Crippen LogP contribution in [-0.4, -0.2) is 23.9 Å². The minimum Gasteiger partial charge on any atom is -0.495 e. The molecule has 17 heavy (non-hydrogen) atoms. The molecule has 3 N–H and O–H groups in total. The van der Waals surface area contributed by atoms with Crippen LogP contribution in [0.25, 0.3) is 0 Å². The lowest BCUT2D eigenvalue weighted by atomic mass is 10.3. The Balaban J connectivity index is 3.33. The van der Waals surface area contributed by atoms with Crippen molar-refractivity contribution in [1.82, 2.24) is 0 Å². The fourth-order valence-electron chi connectivity index (χ4n) is 1.09. The molecule has 0 spiro atoms. The highest BCUT2D eigenvalue weighted by atomic mass is 35.7. The quantitative estimate of drug-likeness (QED) is 0.773. The second kappa shape index (κ2) is 4.69. The molecule has 10 heteroatoms. The number of nitrogens with two attached hydrogens (primary N) is 1. The van der Waals surface area contributed by atoms with E-state index in [0.29, 0.717) is 0 Å². The lowest BCUT2D eigenvalue weighted by Crippen LogP contribution is -2.21. The van der Waals surface area contributed by atoms with Gasteiger partial charge >= 0.3 is 0 Å². The van der Waals surface area contributed by atoms with Crippen molar-refractivity contribution in [2.24, 2.45) is 5.14 Å². The molecule has 0 amide bonds. The summed E-state index contributed by atoms with van der Waals surface area (Å²) >= 11 is 0. The molecule has 0 radical (unpaired) electrons. The molecule has 0 aliphatic heterocycles. The van der Waals surface area contributed by atoms with E-state index in [1.54, 1.807) is 0 Å². The number of ether oxygens (including phenoxy) is 1. The Hall–Kier alpha value is -1.03. The zero-order valence-corrected chi connectivity index (χ0v) is 10.9. The maximum Gasteiger partial charge on any atom is 0.296 e. The van der Waals surface area contributed by atoms with Gasteiger partial charge in [-0.3, -0.25) is 4.72 Å². The zero-order chi connectivity index (χ0) is 13.3. The zero-order valence-electron chi connectivity index (χ0n) is 8.55. The van der Waals surface area contributed by atoms with Gasteiger partial charge in [0.1, 0.15) is 10.6 Å². The van der Waals surface area contributed by atoms with Gasteiger partial charge < -0.3 is 4.74 Å². The standard InChI is InChI=1S/C7H9ClN2O5S2/c1-15-6-3-2-5(10-17(9,13)14)4-7(6)16(8,11)12/h2-4,10H,1H3,(H2,9,13,14). The van der Waals surface area contributed by atoms with Crippen LogP contribution in [-0.2, 0) is 19.3 Å². The maximum absolute atomic E-state index is 11.2. The summed E-state index contributed by atoms with van der Waals surface area (Å²) in [5, 5.41) is 4.74. The van der Waals surface area contributed by atoms with Crippen LogP contribution in [0, 0.1) is 0 Å². The van der Waals surface area contributed by atoms with Gasteiger partial charge in [-0.1, -0.05) is 0 Å². The molecular weight excluding hydrogens is 292 g/mol. The number of hydrogen-bond acceptors (Lipinski definition) is 5. The third-order valence-electron chi connectivity index (χ3n) is 1.69. The summed E-state index contributed by atoms with van der Waals surface area (Å²) in [5.74, 6) is -0.0000283. The van der Waals surface area contributed by atoms with Gasteiger partial charge in [-0.15, -0.1) is 0 Å². The van der Waals surface area contributed by atoms with Gasteiger partial charge in [0.2, 0.25) is 0 Å². The lowest BCUT2D eigenvalue weighted by Gasteiger charge is -2.08. The van der Waals surface area contributed by atoms with E-state index in [4.69, 9.17) is 20.6 Å². The smallest absolute Gasteiger partial charge is 0.296 e. The average molecular weight is 301 g/mol. The Morgan fingerprint density at radius 1 is 1.29 bits per heavy atom. The van der Waals surface area contributed by atoms with Crippen molar-refractivity contribution < 1.29 is 21.6 Å². The summed E-state index contributed by atoms with van der Waals surface area (Å²) in [7, 11) is -1.61. The first-order chi connectivity index (χ1) is 7.63. The van der Waals surface area contributed by atoms with E-state index >= 15 is 0 Å². The highest BCUT2D eigenvalue weighted by Crippen LogP contribution is 2.29. The second-order valence-corrected chi connectivity index (χ2v) is 6.78. The Morgan fingerprint density at radius 2 is 1.88 bits per heavy atom. The fourth-order valence-corrected chi connectivity index (χ4v) is 2.57. The molecule has 0 aliphatic rings. The van der Waals surface area contributed by atoms with Crippen LogP contribution in [0.2, 0.25) is 0 Å². The second-order valence-electron chi connectivity index (χ2n) is 2.95. The predicted molar refractivity (Wildman–Crippen MR) is 62.8 cm³/mol. The first-order valence-electron chi connectivity index (χ1n) is 4.07. The summed E-state index contributed by atoms with van der Waals surface area (Å²) in [6.45, 7) is 0. The number of benzene rings is 1. The van der Waals surface area contributed by atoms with Crippen molar-refractivity contribution in [3.63, 3.8) is 0 Å². The van der Waals surface area contributed by atoms with Crippen LogP contribution in [0.1, 0.15) is 0 Å². The number of nitrogens with one attached hydrogen (secondary N) is 1. The van der Waals surface area contributed by atoms with Crippen molar-refractivity contribution in [1.29, 1.82) is 0 Å². The molecule has 0 saturated carbocycles. The van der Waals surface area contributed by atoms with E-state index in [0.717, 1.165) is 6.07 Å². The third kappa shape index (κ3) is 4.04. The van der Waals surface area contributed by atoms with Gasteiger partial charge in [0.25, 0.3) is 19.3 Å². The van der Waals surface area contributed by atoms with E-state index in [2.05, 4.69) is 0 Å². The van der Waals surface area contributed by atoms with Crippen molar-refractivity contribution in [2.75, 3.05) is 11.8 Å². The van der Waals surface area contributed by atoms with Crippen LogP contribution in [0.4, 0.5) is 5.69 Å². The van der Waals surface area contributed by atoms with E-state index < -0.39 is 19.3 Å². The fraction of sp³-hybridized carbons (Fsp3) is 0.143. The Bertz CT molecular complexity index is 626. The van der Waals surface area contributed by atoms with Gasteiger partial charge in [-0.2, -0.15) is 8.42 Å². The van der Waals surface area contributed by atoms with E-state index in [-0.39, 0.29) is 16.3 Å². The molecule has 96 valence electrons. The largest absolute Gasteiger partial charge is 0.495 e. The molecule has 0 saturated heterocycles. The first-order valence-corrected chi connectivity index (χ1v) is 7.92. The summed E-state index contributed by atoms with van der Waals surface area (Å²) in [5.41, 5.74) is -0.0347. The molecule has 0 aliphatic carbocycles. The number of anilines is 1. The first kappa shape index (κ1) is 14.0. The molecule has 0 unspecified atom stereocenters. The average Bonchev–Trinajstić information content (AvgIpc) is 2.13. The van der Waals surface area contributed by atoms with Crippen molar-refractivity contribution >= 4 is 35.6 Å². The Morgan fingerprint density at radius 3 is 2.29 bits per heavy atom. The molecule has 1 aromatic rings. The van der Waals surface area contributed by atoms with E-state index in [9.17, 15) is 16.8 Å². The highest BCUT2D eigenvalue weighted by Gasteiger charge is 2.18. The maximum atomic E-state index is 11.2. The van der Waals surface area contributed by atoms with E-state index in [1.165, 1.54) is 19.2 Å². The summed E-state index contributed by atoms with van der Waals surface area (Å²) in [6.07, 6.45) is 0. The molecule has 0 heterocycles. The topological polar surface area (TPSA) is 116 Å². The molecule has 0 atom stereocenters. The summed E-state index contributed by atoms with van der Waals surface area (Å²) < 4.78 is 50.7. The van der Waals surface area contributed by atoms with Crippen molar-refractivity contribution in [3.8, 4) is 5.75 Å². The number of halogens is 1. The molecule has 0 fully saturated rings. The molecule has 0 aromatic heterocycles. The molecule has 0 bridgehead atoms. The minimum absolute atomic E-state index is 0.0000283. The monoisotopic (exact) mass is 300 g/mol. The predicted octanol–water partition coefficient (Wildman–Crippen LogP) is 0.238. The van der Waals surface area contributed by atoms with Gasteiger partial charge in [0.15, 0.2) is 0 Å². The number of methoxy groups -OCH3 is 1. The number of hydrogen-bond donors (Lipinski definition) is 2. The Labute approximate surface area is 103 Å². The minimum atomic E-state index is -4.05. The normalized spacial score (nSPS) is 12.2. The van der Waals surface area contributed by atoms with Crippen LogP contribution in [0.15, 0.2) is 23.1 Å². The van der Waals surface area contributed by atoms with Gasteiger partial charge in [-0.05, 0) is 18.2 Å². The lowest BCUT2D eigenvalue weighted by molar-refractivity contribution is 0.403. The molecule has 7 nitrogen and oxygen atoms in total. The Kier molecular flexibility index (Phi) is 3.87. The summed E-state index contributed by atoms with van der Waals surface area (Å²) in [6, 6.07) is 3.54. The molecular formula is C7H9ClN2O5S2. The molecule has 1 rings (SSSR count). The number of rotatable bonds is 4. The van der Waals surface area contributed by atoms with Crippen LogP contribution < -0.4 is 14.6 Å². The van der Waals surface area contributed by atoms with Crippen LogP contribution in [0.5, 0.6) is 5.75 Å². The van der Waals surface area contributed by atoms with Crippen LogP contribution in [0.3, 0.4) is 0 Å². The SMILES string of the molecule is COc1ccc(NS(N)(=O)=O)cc1S(=O)(=O)Cl. The van der Waals surface area contributed by atoms with Gasteiger partial charge in [0.05, 0.1) is 12.8 Å². The van der Waals surface area contributed by atoms with Gasteiger partial charge in [-0.25, -0.2) is 13.6 Å². The van der Waals surface area contributed by atoms with Gasteiger partial charge in [0, 0.05) is 10.7 Å². The van der Waals surface area contributed by atoms with Crippen LogP contribution >= 0.6 is 10.7 Å². The third-order valence-corrected chi connectivity index (χ3v) is 3.55. The highest BCUT2D eigenvalue weighted by molar-refractivity contribution is 8.13. The molecule has 1 aromatic carbocycles. The van der Waals surface area contributed by atoms with Crippen molar-refractivity contribution in [2.45, 2.75) is 4.90 Å². The summed E-state index contributed by atoms with van der Waals surface area (Å²) in [4.78, 5) is -0.352.